The van der Waals surface area contributed by atoms with Crippen LogP contribution in [0.25, 0.3) is 0 Å². The number of carbonyl (C=O) groups is 2. The topological polar surface area (TPSA) is 85.7 Å². The number of fused-ring (bicyclic) bond motifs is 3. The van der Waals surface area contributed by atoms with Gasteiger partial charge in [-0.3, -0.25) is 14.3 Å². The average molecular weight is 398 g/mol. The molecular formula is C21H26N4O4. The predicted molar refractivity (Wildman–Crippen MR) is 106 cm³/mol. The Kier molecular flexibility index (Phi) is 5.17. The number of nitrogens with zero attached hydrogens (tertiary/aromatic N) is 3. The molecule has 2 amide bonds. The van der Waals surface area contributed by atoms with Gasteiger partial charge in [0.25, 0.3) is 5.91 Å². The molecule has 1 saturated heterocycles. The molecule has 1 aliphatic heterocycles. The fourth-order valence-corrected chi connectivity index (χ4v) is 4.39. The lowest BCUT2D eigenvalue weighted by atomic mass is 9.99. The van der Waals surface area contributed by atoms with Crippen molar-refractivity contribution < 1.29 is 19.1 Å². The van der Waals surface area contributed by atoms with Gasteiger partial charge in [-0.1, -0.05) is 0 Å². The molecule has 2 heterocycles. The van der Waals surface area contributed by atoms with E-state index in [2.05, 4.69) is 11.5 Å². The van der Waals surface area contributed by atoms with Crippen molar-refractivity contribution in [3.8, 4) is 11.5 Å². The van der Waals surface area contributed by atoms with Crippen LogP contribution in [0.5, 0.6) is 11.5 Å². The summed E-state index contributed by atoms with van der Waals surface area (Å²) >= 11 is 0. The number of rotatable bonds is 6. The van der Waals surface area contributed by atoms with Crippen LogP contribution in [0.15, 0.2) is 24.4 Å². The third kappa shape index (κ3) is 3.66. The number of hydrogen-bond donors (Lipinski definition) is 1. The van der Waals surface area contributed by atoms with E-state index in [1.54, 1.807) is 32.4 Å². The largest absolute Gasteiger partial charge is 0.497 e. The summed E-state index contributed by atoms with van der Waals surface area (Å²) in [6.45, 7) is 4.10. The summed E-state index contributed by atoms with van der Waals surface area (Å²) in [6, 6.07) is 5.27. The third-order valence-corrected chi connectivity index (χ3v) is 5.79. The Balaban J connectivity index is 1.45. The van der Waals surface area contributed by atoms with Crippen molar-refractivity contribution in [3.05, 3.63) is 41.2 Å². The highest BCUT2D eigenvalue weighted by molar-refractivity contribution is 5.97. The molecule has 1 fully saturated rings. The predicted octanol–water partition coefficient (Wildman–Crippen LogP) is 1.45. The number of methoxy groups -OCH3 is 2. The lowest BCUT2D eigenvalue weighted by molar-refractivity contribution is -0.118. The summed E-state index contributed by atoms with van der Waals surface area (Å²) in [5.74, 6) is 1.79. The van der Waals surface area contributed by atoms with Crippen LogP contribution in [-0.2, 0) is 17.8 Å². The van der Waals surface area contributed by atoms with Gasteiger partial charge in [0.05, 0.1) is 32.0 Å². The second-order valence-corrected chi connectivity index (χ2v) is 7.63. The molecule has 1 aliphatic carbocycles. The molecule has 154 valence electrons. The zero-order valence-electron chi connectivity index (χ0n) is 17.0. The molecule has 2 atom stereocenters. The average Bonchev–Trinajstić information content (AvgIpc) is 3.37. The SMILES string of the molecule is COc1ccc(C(=O)N2C[C@H]3Cc4cn(CCNC(C)=O)nc4[C@H]3C2)c(OC)c1. The fourth-order valence-electron chi connectivity index (χ4n) is 4.39. The van der Waals surface area contributed by atoms with Gasteiger partial charge < -0.3 is 19.7 Å². The van der Waals surface area contributed by atoms with Crippen LogP contribution in [0.2, 0.25) is 0 Å². The second kappa shape index (κ2) is 7.77. The first kappa shape index (κ1) is 19.3. The van der Waals surface area contributed by atoms with Crippen LogP contribution in [0.4, 0.5) is 0 Å². The van der Waals surface area contributed by atoms with E-state index in [0.29, 0.717) is 42.6 Å². The van der Waals surface area contributed by atoms with Crippen LogP contribution < -0.4 is 14.8 Å². The van der Waals surface area contributed by atoms with E-state index in [1.807, 2.05) is 9.58 Å². The van der Waals surface area contributed by atoms with Gasteiger partial charge in [0.2, 0.25) is 5.91 Å². The van der Waals surface area contributed by atoms with E-state index in [0.717, 1.165) is 18.7 Å². The van der Waals surface area contributed by atoms with Gasteiger partial charge in [0, 0.05) is 44.7 Å². The molecule has 1 aromatic carbocycles. The summed E-state index contributed by atoms with van der Waals surface area (Å²) in [7, 11) is 3.15. The van der Waals surface area contributed by atoms with E-state index in [9.17, 15) is 9.59 Å². The van der Waals surface area contributed by atoms with Crippen LogP contribution in [0, 0.1) is 5.92 Å². The lowest BCUT2D eigenvalue weighted by Gasteiger charge is -2.19. The Morgan fingerprint density at radius 3 is 2.79 bits per heavy atom. The quantitative estimate of drug-likeness (QED) is 0.796. The van der Waals surface area contributed by atoms with Gasteiger partial charge >= 0.3 is 0 Å². The molecule has 1 N–H and O–H groups in total. The molecule has 0 radical (unpaired) electrons. The van der Waals surface area contributed by atoms with Gasteiger partial charge in [-0.25, -0.2) is 0 Å². The summed E-state index contributed by atoms with van der Waals surface area (Å²) < 4.78 is 12.5. The maximum Gasteiger partial charge on any atom is 0.257 e. The van der Waals surface area contributed by atoms with Crippen LogP contribution in [0.1, 0.15) is 34.5 Å². The molecule has 8 heteroatoms. The van der Waals surface area contributed by atoms with E-state index >= 15 is 0 Å². The zero-order chi connectivity index (χ0) is 20.5. The van der Waals surface area contributed by atoms with E-state index in [1.165, 1.54) is 12.5 Å². The monoisotopic (exact) mass is 398 g/mol. The number of benzene rings is 1. The highest BCUT2D eigenvalue weighted by Gasteiger charge is 2.44. The van der Waals surface area contributed by atoms with E-state index in [4.69, 9.17) is 14.6 Å². The number of nitrogens with one attached hydrogen (secondary N) is 1. The minimum Gasteiger partial charge on any atom is -0.497 e. The molecule has 8 nitrogen and oxygen atoms in total. The molecule has 1 aromatic heterocycles. The first-order chi connectivity index (χ1) is 14.0. The standard InChI is InChI=1S/C21H26N4O4/c1-13(26)22-6-7-25-11-15-8-14-10-24(12-18(14)20(15)23-25)21(27)17-5-4-16(28-2)9-19(17)29-3/h4-5,9,11,14,18H,6-8,10,12H2,1-3H3,(H,22,26)/t14-,18+/m1/s1. The van der Waals surface area contributed by atoms with E-state index < -0.39 is 0 Å². The van der Waals surface area contributed by atoms with E-state index in [-0.39, 0.29) is 17.7 Å². The molecular weight excluding hydrogens is 372 g/mol. The van der Waals surface area contributed by atoms with Crippen molar-refractivity contribution >= 4 is 11.8 Å². The molecule has 0 bridgehead atoms. The molecule has 2 aliphatic rings. The van der Waals surface area contributed by atoms with Gasteiger partial charge in [-0.2, -0.15) is 5.10 Å². The Labute approximate surface area is 169 Å². The number of aromatic nitrogens is 2. The number of hydrogen-bond acceptors (Lipinski definition) is 5. The summed E-state index contributed by atoms with van der Waals surface area (Å²) in [5, 5.41) is 7.53. The summed E-state index contributed by atoms with van der Waals surface area (Å²) in [5.41, 5.74) is 2.90. The Bertz CT molecular complexity index is 939. The fraction of sp³-hybridized carbons (Fsp3) is 0.476. The molecule has 2 aromatic rings. The normalized spacial score (nSPS) is 19.6. The lowest BCUT2D eigenvalue weighted by Crippen LogP contribution is -2.30. The molecule has 0 unspecified atom stereocenters. The maximum absolute atomic E-state index is 13.1. The third-order valence-electron chi connectivity index (χ3n) is 5.79. The number of carbonyl (C=O) groups excluding carboxylic acids is 2. The molecule has 0 spiro atoms. The smallest absolute Gasteiger partial charge is 0.257 e. The summed E-state index contributed by atoms with van der Waals surface area (Å²) in [6.07, 6.45) is 3.01. The van der Waals surface area contributed by atoms with Gasteiger partial charge in [-0.05, 0) is 30.0 Å². The minimum atomic E-state index is -0.0383. The Hall–Kier alpha value is -3.03. The van der Waals surface area contributed by atoms with Crippen LogP contribution in [0.3, 0.4) is 0 Å². The van der Waals surface area contributed by atoms with Crippen molar-refractivity contribution in [3.63, 3.8) is 0 Å². The highest BCUT2D eigenvalue weighted by Crippen LogP contribution is 2.43. The highest BCUT2D eigenvalue weighted by atomic mass is 16.5. The first-order valence-corrected chi connectivity index (χ1v) is 9.82. The van der Waals surface area contributed by atoms with Crippen molar-refractivity contribution in [2.75, 3.05) is 33.9 Å². The van der Waals surface area contributed by atoms with Crippen LogP contribution >= 0.6 is 0 Å². The summed E-state index contributed by atoms with van der Waals surface area (Å²) in [4.78, 5) is 26.0. The van der Waals surface area contributed by atoms with Gasteiger partial charge in [0.15, 0.2) is 0 Å². The zero-order valence-corrected chi connectivity index (χ0v) is 17.0. The van der Waals surface area contributed by atoms with Crippen LogP contribution in [-0.4, -0.2) is 60.3 Å². The number of likely N-dealkylation sites (tertiary alicyclic amines) is 1. The van der Waals surface area contributed by atoms with Gasteiger partial charge in [-0.15, -0.1) is 0 Å². The molecule has 4 rings (SSSR count). The van der Waals surface area contributed by atoms with Crippen molar-refractivity contribution in [1.82, 2.24) is 20.0 Å². The minimum absolute atomic E-state index is 0.0226. The maximum atomic E-state index is 13.1. The molecule has 0 saturated carbocycles. The first-order valence-electron chi connectivity index (χ1n) is 9.82. The van der Waals surface area contributed by atoms with Crippen molar-refractivity contribution in [2.24, 2.45) is 5.92 Å². The number of ether oxygens (including phenoxy) is 2. The Morgan fingerprint density at radius 2 is 2.07 bits per heavy atom. The Morgan fingerprint density at radius 1 is 1.24 bits per heavy atom. The van der Waals surface area contributed by atoms with Crippen molar-refractivity contribution in [2.45, 2.75) is 25.8 Å². The van der Waals surface area contributed by atoms with Crippen molar-refractivity contribution in [1.29, 1.82) is 0 Å². The van der Waals surface area contributed by atoms with Gasteiger partial charge in [0.1, 0.15) is 11.5 Å². The number of amides is 2. The molecule has 29 heavy (non-hydrogen) atoms. The second-order valence-electron chi connectivity index (χ2n) is 7.63.